The first-order valence-electron chi connectivity index (χ1n) is 12.5. The molecule has 1 N–H and O–H groups in total. The van der Waals surface area contributed by atoms with Crippen molar-refractivity contribution in [1.29, 1.82) is 0 Å². The minimum atomic E-state index is -3.54. The van der Waals surface area contributed by atoms with E-state index in [9.17, 15) is 13.2 Å². The van der Waals surface area contributed by atoms with Gasteiger partial charge in [0.25, 0.3) is 0 Å². The highest BCUT2D eigenvalue weighted by Crippen LogP contribution is 2.40. The predicted molar refractivity (Wildman–Crippen MR) is 141 cm³/mol. The highest BCUT2D eigenvalue weighted by molar-refractivity contribution is 7.92. The largest absolute Gasteiger partial charge is 0.489 e. The number of hydrogen-bond acceptors (Lipinski definition) is 4. The third-order valence-electron chi connectivity index (χ3n) is 7.33. The van der Waals surface area contributed by atoms with Crippen LogP contribution >= 0.6 is 0 Å². The Balaban J connectivity index is 1.30. The Morgan fingerprint density at radius 1 is 0.917 bits per heavy atom. The molecule has 1 saturated carbocycles. The van der Waals surface area contributed by atoms with Gasteiger partial charge in [0.2, 0.25) is 10.0 Å². The lowest BCUT2D eigenvalue weighted by molar-refractivity contribution is -0.138. The summed E-state index contributed by atoms with van der Waals surface area (Å²) >= 11 is 0. The molecule has 6 nitrogen and oxygen atoms in total. The number of benzene rings is 3. The monoisotopic (exact) mass is 505 g/mol. The van der Waals surface area contributed by atoms with Gasteiger partial charge >= 0.3 is 5.97 Å². The summed E-state index contributed by atoms with van der Waals surface area (Å²) in [6.07, 6.45) is 4.25. The first kappa shape index (κ1) is 24.4. The van der Waals surface area contributed by atoms with Crippen molar-refractivity contribution in [1.82, 2.24) is 0 Å². The fourth-order valence-electron chi connectivity index (χ4n) is 5.42. The minimum Gasteiger partial charge on any atom is -0.489 e. The molecule has 1 fully saturated rings. The van der Waals surface area contributed by atoms with Crippen LogP contribution in [0.15, 0.2) is 72.8 Å². The van der Waals surface area contributed by atoms with Gasteiger partial charge in [-0.05, 0) is 71.9 Å². The lowest BCUT2D eigenvalue weighted by Gasteiger charge is -2.31. The van der Waals surface area contributed by atoms with Crippen LogP contribution < -0.4 is 9.04 Å². The maximum absolute atomic E-state index is 13.2. The first-order valence-corrected chi connectivity index (χ1v) is 14.1. The molecule has 5 rings (SSSR count). The van der Waals surface area contributed by atoms with Crippen LogP contribution in [0.1, 0.15) is 49.1 Å². The number of ether oxygens (including phenoxy) is 1. The van der Waals surface area contributed by atoms with Crippen LogP contribution in [0.25, 0.3) is 11.1 Å². The molecule has 0 spiro atoms. The molecule has 0 atom stereocenters. The number of hydrogen-bond donors (Lipinski definition) is 1. The summed E-state index contributed by atoms with van der Waals surface area (Å²) < 4.78 is 33.7. The molecular formula is C29H31NO5S. The molecule has 0 saturated heterocycles. The normalized spacial score (nSPS) is 19.8. The summed E-state index contributed by atoms with van der Waals surface area (Å²) in [6, 6.07) is 23.5. The van der Waals surface area contributed by atoms with E-state index in [-0.39, 0.29) is 12.2 Å². The molecule has 2 aliphatic rings. The highest BCUT2D eigenvalue weighted by Gasteiger charge is 2.29. The zero-order valence-corrected chi connectivity index (χ0v) is 21.0. The smallest absolute Gasteiger partial charge is 0.303 e. The van der Waals surface area contributed by atoms with E-state index in [2.05, 4.69) is 24.3 Å². The van der Waals surface area contributed by atoms with Gasteiger partial charge in [-0.2, -0.15) is 0 Å². The van der Waals surface area contributed by atoms with Gasteiger partial charge < -0.3 is 9.84 Å². The van der Waals surface area contributed by atoms with Crippen molar-refractivity contribution in [2.75, 3.05) is 17.5 Å². The van der Waals surface area contributed by atoms with Crippen molar-refractivity contribution in [2.45, 2.75) is 43.8 Å². The Morgan fingerprint density at radius 2 is 1.61 bits per heavy atom. The summed E-state index contributed by atoms with van der Waals surface area (Å²) in [4.78, 5) is 11.0. The SMILES string of the molecule is O=C(O)CC1CCC(c2ccc(-c3ccc4c(c3)OCCN4S(=O)(=O)Cc3ccccc3)cc2)CC1. The van der Waals surface area contributed by atoms with Gasteiger partial charge in [0.1, 0.15) is 12.4 Å². The lowest BCUT2D eigenvalue weighted by atomic mass is 9.77. The summed E-state index contributed by atoms with van der Waals surface area (Å²) in [6.45, 7) is 0.610. The summed E-state index contributed by atoms with van der Waals surface area (Å²) in [7, 11) is -3.54. The van der Waals surface area contributed by atoms with E-state index >= 15 is 0 Å². The fraction of sp³-hybridized carbons (Fsp3) is 0.345. The molecule has 3 aromatic rings. The minimum absolute atomic E-state index is 0.0469. The Kier molecular flexibility index (Phi) is 7.01. The number of fused-ring (bicyclic) bond motifs is 1. The van der Waals surface area contributed by atoms with Crippen molar-refractivity contribution in [3.63, 3.8) is 0 Å². The zero-order chi connectivity index (χ0) is 25.1. The van der Waals surface area contributed by atoms with Crippen LogP contribution in [0.5, 0.6) is 5.75 Å². The van der Waals surface area contributed by atoms with Crippen molar-refractivity contribution < 1.29 is 23.1 Å². The number of rotatable bonds is 7. The number of carboxylic acid groups (broad SMARTS) is 1. The molecule has 3 aromatic carbocycles. The molecule has 0 bridgehead atoms. The van der Waals surface area contributed by atoms with E-state index in [1.54, 1.807) is 0 Å². The number of aliphatic carboxylic acids is 1. The van der Waals surface area contributed by atoms with Crippen molar-refractivity contribution in [3.05, 3.63) is 83.9 Å². The second-order valence-corrected chi connectivity index (χ2v) is 11.7. The number of carboxylic acids is 1. The molecule has 1 heterocycles. The van der Waals surface area contributed by atoms with Gasteiger partial charge in [-0.3, -0.25) is 9.10 Å². The number of carbonyl (C=O) groups is 1. The van der Waals surface area contributed by atoms with Crippen molar-refractivity contribution in [2.24, 2.45) is 5.92 Å². The average molecular weight is 506 g/mol. The molecule has 0 aromatic heterocycles. The molecule has 0 amide bonds. The molecule has 36 heavy (non-hydrogen) atoms. The lowest BCUT2D eigenvalue weighted by Crippen LogP contribution is -2.38. The van der Waals surface area contributed by atoms with Crippen LogP contribution in [0, 0.1) is 5.92 Å². The number of sulfonamides is 1. The van der Waals surface area contributed by atoms with Crippen molar-refractivity contribution in [3.8, 4) is 16.9 Å². The molecule has 0 unspecified atom stereocenters. The average Bonchev–Trinajstić information content (AvgIpc) is 2.88. The van der Waals surface area contributed by atoms with Crippen LogP contribution in [0.2, 0.25) is 0 Å². The van der Waals surface area contributed by atoms with Crippen LogP contribution in [0.4, 0.5) is 5.69 Å². The Morgan fingerprint density at radius 3 is 2.31 bits per heavy atom. The Bertz CT molecular complexity index is 1310. The van der Waals surface area contributed by atoms with Crippen molar-refractivity contribution >= 4 is 21.7 Å². The molecule has 1 aliphatic heterocycles. The van der Waals surface area contributed by atoms with Crippen LogP contribution in [0.3, 0.4) is 0 Å². The third kappa shape index (κ3) is 5.41. The van der Waals surface area contributed by atoms with Gasteiger partial charge in [-0.15, -0.1) is 0 Å². The summed E-state index contributed by atoms with van der Waals surface area (Å²) in [5.41, 5.74) is 4.66. The van der Waals surface area contributed by atoms with E-state index in [1.165, 1.54) is 9.87 Å². The summed E-state index contributed by atoms with van der Waals surface area (Å²) in [5, 5.41) is 9.03. The Hall–Kier alpha value is -3.32. The van der Waals surface area contributed by atoms with E-state index in [0.29, 0.717) is 36.4 Å². The van der Waals surface area contributed by atoms with E-state index in [4.69, 9.17) is 9.84 Å². The number of anilines is 1. The Labute approximate surface area is 212 Å². The van der Waals surface area contributed by atoms with Gasteiger partial charge in [-0.1, -0.05) is 60.7 Å². The second-order valence-electron chi connectivity index (χ2n) is 9.78. The van der Waals surface area contributed by atoms with Gasteiger partial charge in [-0.25, -0.2) is 8.42 Å². The molecule has 1 aliphatic carbocycles. The van der Waals surface area contributed by atoms with Crippen LogP contribution in [-0.4, -0.2) is 32.6 Å². The molecule has 0 radical (unpaired) electrons. The summed E-state index contributed by atoms with van der Waals surface area (Å²) in [5.74, 6) is 0.600. The number of nitrogens with zero attached hydrogens (tertiary/aromatic N) is 1. The highest BCUT2D eigenvalue weighted by atomic mass is 32.2. The molecule has 188 valence electrons. The third-order valence-corrected chi connectivity index (χ3v) is 9.08. The van der Waals surface area contributed by atoms with E-state index < -0.39 is 16.0 Å². The second kappa shape index (κ2) is 10.3. The molecule has 7 heteroatoms. The first-order chi connectivity index (χ1) is 17.4. The quantitative estimate of drug-likeness (QED) is 0.437. The van der Waals surface area contributed by atoms with Gasteiger partial charge in [0.15, 0.2) is 0 Å². The standard InChI is InChI=1S/C29H31NO5S/c31-29(32)18-21-6-8-23(9-7-21)24-10-12-25(13-11-24)26-14-15-27-28(19-26)35-17-16-30(27)36(33,34)20-22-4-2-1-3-5-22/h1-5,10-15,19,21,23H,6-9,16-18,20H2,(H,31,32). The van der Waals surface area contributed by atoms with E-state index in [1.807, 2.05) is 48.5 Å². The predicted octanol–water partition coefficient (Wildman–Crippen LogP) is 5.83. The van der Waals surface area contributed by atoms with Crippen LogP contribution in [-0.2, 0) is 20.6 Å². The van der Waals surface area contributed by atoms with Gasteiger partial charge in [0.05, 0.1) is 18.0 Å². The topological polar surface area (TPSA) is 83.9 Å². The molecular weight excluding hydrogens is 474 g/mol. The maximum Gasteiger partial charge on any atom is 0.303 e. The van der Waals surface area contributed by atoms with E-state index in [0.717, 1.165) is 42.4 Å². The fourth-order valence-corrected chi connectivity index (χ4v) is 6.99. The maximum atomic E-state index is 13.2. The zero-order valence-electron chi connectivity index (χ0n) is 20.2. The van der Waals surface area contributed by atoms with Gasteiger partial charge in [0, 0.05) is 6.42 Å².